The van der Waals surface area contributed by atoms with Crippen molar-refractivity contribution in [2.24, 2.45) is 11.8 Å². The van der Waals surface area contributed by atoms with Crippen molar-refractivity contribution in [2.75, 3.05) is 26.2 Å². The SMILES string of the molecule is CC(=O)NCC1CCN(CCCCC(=O)NN)CC1. The van der Waals surface area contributed by atoms with Gasteiger partial charge in [0.05, 0.1) is 0 Å². The maximum atomic E-state index is 10.9. The number of rotatable bonds is 7. The van der Waals surface area contributed by atoms with Crippen molar-refractivity contribution in [2.45, 2.75) is 39.0 Å². The van der Waals surface area contributed by atoms with Gasteiger partial charge in [0.15, 0.2) is 0 Å². The monoisotopic (exact) mass is 270 g/mol. The summed E-state index contributed by atoms with van der Waals surface area (Å²) in [4.78, 5) is 24.2. The number of piperidine rings is 1. The molecule has 1 aliphatic heterocycles. The van der Waals surface area contributed by atoms with Crippen molar-refractivity contribution >= 4 is 11.8 Å². The third-order valence-corrected chi connectivity index (χ3v) is 3.64. The standard InChI is InChI=1S/C13H26N4O2/c1-11(18)15-10-12-5-8-17(9-6-12)7-3-2-4-13(19)16-14/h12H,2-10,14H2,1H3,(H,15,18)(H,16,19). The highest BCUT2D eigenvalue weighted by Gasteiger charge is 2.18. The third-order valence-electron chi connectivity index (χ3n) is 3.64. The van der Waals surface area contributed by atoms with Crippen LogP contribution in [0.4, 0.5) is 0 Å². The van der Waals surface area contributed by atoms with Crippen LogP contribution >= 0.6 is 0 Å². The minimum absolute atomic E-state index is 0.0561. The van der Waals surface area contributed by atoms with Crippen molar-refractivity contribution in [3.05, 3.63) is 0 Å². The Morgan fingerprint density at radius 3 is 2.53 bits per heavy atom. The topological polar surface area (TPSA) is 87.5 Å². The summed E-state index contributed by atoms with van der Waals surface area (Å²) in [6, 6.07) is 0. The number of carbonyl (C=O) groups is 2. The number of hydrogen-bond donors (Lipinski definition) is 3. The molecule has 1 saturated heterocycles. The summed E-state index contributed by atoms with van der Waals surface area (Å²) in [6.07, 6.45) is 4.71. The van der Waals surface area contributed by atoms with Gasteiger partial charge in [0, 0.05) is 19.9 Å². The van der Waals surface area contributed by atoms with E-state index in [0.717, 1.165) is 51.9 Å². The lowest BCUT2D eigenvalue weighted by Gasteiger charge is -2.31. The molecule has 6 nitrogen and oxygen atoms in total. The van der Waals surface area contributed by atoms with Gasteiger partial charge < -0.3 is 10.2 Å². The van der Waals surface area contributed by atoms with Crippen molar-refractivity contribution in [1.82, 2.24) is 15.6 Å². The maximum Gasteiger partial charge on any atom is 0.233 e. The molecule has 0 aliphatic carbocycles. The Morgan fingerprint density at radius 2 is 1.95 bits per heavy atom. The number of carbonyl (C=O) groups excluding carboxylic acids is 2. The van der Waals surface area contributed by atoms with Gasteiger partial charge in [0.25, 0.3) is 0 Å². The summed E-state index contributed by atoms with van der Waals surface area (Å²) in [5, 5.41) is 2.89. The highest BCUT2D eigenvalue weighted by atomic mass is 16.2. The predicted octanol–water partition coefficient (Wildman–Crippen LogP) is -0.00530. The molecule has 2 amide bonds. The molecule has 1 heterocycles. The van der Waals surface area contributed by atoms with Gasteiger partial charge in [-0.1, -0.05) is 0 Å². The van der Waals surface area contributed by atoms with Crippen molar-refractivity contribution in [3.8, 4) is 0 Å². The van der Waals surface area contributed by atoms with Crippen LogP contribution in [0.15, 0.2) is 0 Å². The third kappa shape index (κ3) is 7.12. The smallest absolute Gasteiger partial charge is 0.233 e. The van der Waals surface area contributed by atoms with Gasteiger partial charge in [0.1, 0.15) is 0 Å². The van der Waals surface area contributed by atoms with Gasteiger partial charge in [-0.05, 0) is 51.2 Å². The molecular formula is C13H26N4O2. The first-order valence-corrected chi connectivity index (χ1v) is 7.08. The van der Waals surface area contributed by atoms with E-state index in [1.54, 1.807) is 6.92 Å². The summed E-state index contributed by atoms with van der Waals surface area (Å²) in [7, 11) is 0. The molecular weight excluding hydrogens is 244 g/mol. The average Bonchev–Trinajstić information content (AvgIpc) is 2.42. The van der Waals surface area contributed by atoms with Crippen LogP contribution in [0.1, 0.15) is 39.0 Å². The average molecular weight is 270 g/mol. The van der Waals surface area contributed by atoms with Crippen LogP contribution in [0.2, 0.25) is 0 Å². The molecule has 0 radical (unpaired) electrons. The van der Waals surface area contributed by atoms with E-state index in [2.05, 4.69) is 15.6 Å². The van der Waals surface area contributed by atoms with Crippen molar-refractivity contribution in [1.29, 1.82) is 0 Å². The van der Waals surface area contributed by atoms with Crippen LogP contribution in [0, 0.1) is 5.92 Å². The summed E-state index contributed by atoms with van der Waals surface area (Å²) < 4.78 is 0. The van der Waals surface area contributed by atoms with Gasteiger partial charge in [-0.2, -0.15) is 0 Å². The summed E-state index contributed by atoms with van der Waals surface area (Å²) >= 11 is 0. The first-order chi connectivity index (χ1) is 9.11. The van der Waals surface area contributed by atoms with Crippen LogP contribution in [-0.2, 0) is 9.59 Å². The van der Waals surface area contributed by atoms with Gasteiger partial charge in [-0.3, -0.25) is 15.0 Å². The molecule has 110 valence electrons. The van der Waals surface area contributed by atoms with E-state index in [9.17, 15) is 9.59 Å². The van der Waals surface area contributed by atoms with Crippen LogP contribution in [-0.4, -0.2) is 42.9 Å². The highest BCUT2D eigenvalue weighted by molar-refractivity contribution is 5.75. The molecule has 0 bridgehead atoms. The van der Waals surface area contributed by atoms with E-state index in [4.69, 9.17) is 5.84 Å². The molecule has 0 spiro atoms. The predicted molar refractivity (Wildman–Crippen MR) is 74.0 cm³/mol. The number of nitrogens with zero attached hydrogens (tertiary/aromatic N) is 1. The van der Waals surface area contributed by atoms with Crippen LogP contribution in [0.25, 0.3) is 0 Å². The first-order valence-electron chi connectivity index (χ1n) is 7.08. The molecule has 1 rings (SSSR count). The van der Waals surface area contributed by atoms with E-state index in [1.165, 1.54) is 0 Å². The Balaban J connectivity index is 2.03. The molecule has 0 unspecified atom stereocenters. The zero-order chi connectivity index (χ0) is 14.1. The van der Waals surface area contributed by atoms with Crippen molar-refractivity contribution < 1.29 is 9.59 Å². The van der Waals surface area contributed by atoms with Gasteiger partial charge >= 0.3 is 0 Å². The number of amides is 2. The molecule has 1 aliphatic rings. The molecule has 19 heavy (non-hydrogen) atoms. The van der Waals surface area contributed by atoms with E-state index in [0.29, 0.717) is 12.3 Å². The fourth-order valence-corrected chi connectivity index (χ4v) is 2.40. The summed E-state index contributed by atoms with van der Waals surface area (Å²) in [5.74, 6) is 5.60. The Kier molecular flexibility index (Phi) is 7.43. The lowest BCUT2D eigenvalue weighted by molar-refractivity contribution is -0.121. The second-order valence-corrected chi connectivity index (χ2v) is 5.25. The lowest BCUT2D eigenvalue weighted by atomic mass is 9.96. The molecule has 0 aromatic carbocycles. The van der Waals surface area contributed by atoms with E-state index in [-0.39, 0.29) is 11.8 Å². The normalized spacial score (nSPS) is 17.2. The number of likely N-dealkylation sites (tertiary alicyclic amines) is 1. The molecule has 6 heteroatoms. The second-order valence-electron chi connectivity index (χ2n) is 5.25. The summed E-state index contributed by atoms with van der Waals surface area (Å²) in [6.45, 7) is 5.60. The van der Waals surface area contributed by atoms with E-state index < -0.39 is 0 Å². The quantitative estimate of drug-likeness (QED) is 0.263. The molecule has 4 N–H and O–H groups in total. The molecule has 1 fully saturated rings. The molecule has 0 aromatic rings. The highest BCUT2D eigenvalue weighted by Crippen LogP contribution is 2.16. The minimum atomic E-state index is -0.0889. The Morgan fingerprint density at radius 1 is 1.26 bits per heavy atom. The maximum absolute atomic E-state index is 10.9. The Bertz CT molecular complexity index is 288. The Labute approximate surface area is 115 Å². The van der Waals surface area contributed by atoms with Crippen LogP contribution < -0.4 is 16.6 Å². The van der Waals surface area contributed by atoms with Gasteiger partial charge in [-0.15, -0.1) is 0 Å². The number of hydrogen-bond acceptors (Lipinski definition) is 4. The van der Waals surface area contributed by atoms with Crippen LogP contribution in [0.3, 0.4) is 0 Å². The van der Waals surface area contributed by atoms with Crippen molar-refractivity contribution in [3.63, 3.8) is 0 Å². The summed E-state index contributed by atoms with van der Waals surface area (Å²) in [5.41, 5.74) is 2.15. The van der Waals surface area contributed by atoms with Gasteiger partial charge in [-0.25, -0.2) is 5.84 Å². The zero-order valence-electron chi connectivity index (χ0n) is 11.8. The number of nitrogens with two attached hydrogens (primary N) is 1. The number of hydrazine groups is 1. The fraction of sp³-hybridized carbons (Fsp3) is 0.846. The largest absolute Gasteiger partial charge is 0.356 e. The minimum Gasteiger partial charge on any atom is -0.356 e. The van der Waals surface area contributed by atoms with E-state index in [1.807, 2.05) is 0 Å². The number of unbranched alkanes of at least 4 members (excludes halogenated alkanes) is 1. The lowest BCUT2D eigenvalue weighted by Crippen LogP contribution is -2.38. The molecule has 0 aromatic heterocycles. The molecule has 0 saturated carbocycles. The number of nitrogens with one attached hydrogen (secondary N) is 2. The molecule has 0 atom stereocenters. The zero-order valence-corrected chi connectivity index (χ0v) is 11.8. The van der Waals surface area contributed by atoms with Crippen LogP contribution in [0.5, 0.6) is 0 Å². The fourth-order valence-electron chi connectivity index (χ4n) is 2.40. The van der Waals surface area contributed by atoms with E-state index >= 15 is 0 Å². The van der Waals surface area contributed by atoms with Gasteiger partial charge in [0.2, 0.25) is 11.8 Å². The first kappa shape index (κ1) is 15.9. The Hall–Kier alpha value is -1.14. The second kappa shape index (κ2) is 8.87.